The third-order valence-electron chi connectivity index (χ3n) is 3.06. The molecule has 0 radical (unpaired) electrons. The van der Waals surface area contributed by atoms with Crippen LogP contribution in [0.4, 0.5) is 0 Å². The van der Waals surface area contributed by atoms with E-state index in [-0.39, 0.29) is 18.1 Å². The number of rotatable bonds is 5. The first kappa shape index (κ1) is 15.4. The zero-order valence-electron chi connectivity index (χ0n) is 11.3. The Bertz CT molecular complexity index is 596. The quantitative estimate of drug-likeness (QED) is 0.795. The predicted octanol–water partition coefficient (Wildman–Crippen LogP) is 2.79. The Morgan fingerprint density at radius 3 is 2.33 bits per heavy atom. The first-order valence-electron chi connectivity index (χ1n) is 6.53. The highest BCUT2D eigenvalue weighted by Gasteiger charge is 2.12. The van der Waals surface area contributed by atoms with Crippen molar-refractivity contribution < 1.29 is 15.0 Å². The van der Waals surface area contributed by atoms with Crippen LogP contribution in [0.2, 0.25) is 5.02 Å². The van der Waals surface area contributed by atoms with Crippen LogP contribution in [0.15, 0.2) is 48.5 Å². The number of carbonyl (C=O) groups excluding carboxylic acids is 1. The Balaban J connectivity index is 1.83. The predicted molar refractivity (Wildman–Crippen MR) is 81.0 cm³/mol. The summed E-state index contributed by atoms with van der Waals surface area (Å²) in [6.45, 7) is 0.354. The van der Waals surface area contributed by atoms with Crippen LogP contribution in [0.3, 0.4) is 0 Å². The second-order valence-electron chi connectivity index (χ2n) is 4.71. The van der Waals surface area contributed by atoms with Gasteiger partial charge in [0.2, 0.25) is 5.91 Å². The second-order valence-corrected chi connectivity index (χ2v) is 5.15. The number of nitrogens with one attached hydrogen (secondary N) is 1. The van der Waals surface area contributed by atoms with Gasteiger partial charge in [-0.15, -0.1) is 0 Å². The van der Waals surface area contributed by atoms with Gasteiger partial charge < -0.3 is 15.5 Å². The minimum absolute atomic E-state index is 0.0142. The molecule has 3 N–H and O–H groups in total. The molecule has 0 aromatic heterocycles. The molecule has 0 aliphatic heterocycles. The molecule has 110 valence electrons. The van der Waals surface area contributed by atoms with Crippen LogP contribution in [0.25, 0.3) is 0 Å². The van der Waals surface area contributed by atoms with Crippen molar-refractivity contribution in [3.05, 3.63) is 64.7 Å². The van der Waals surface area contributed by atoms with Crippen molar-refractivity contribution >= 4 is 17.5 Å². The fourth-order valence-electron chi connectivity index (χ4n) is 1.87. The number of hydrogen-bond acceptors (Lipinski definition) is 3. The molecular weight excluding hydrogens is 290 g/mol. The Kier molecular flexibility index (Phi) is 5.20. The average molecular weight is 306 g/mol. The van der Waals surface area contributed by atoms with Gasteiger partial charge in [-0.2, -0.15) is 0 Å². The van der Waals surface area contributed by atoms with Crippen LogP contribution in [-0.2, 0) is 11.3 Å². The maximum absolute atomic E-state index is 11.8. The van der Waals surface area contributed by atoms with E-state index in [0.717, 1.165) is 5.56 Å². The zero-order valence-corrected chi connectivity index (χ0v) is 12.0. The Morgan fingerprint density at radius 1 is 1.10 bits per heavy atom. The van der Waals surface area contributed by atoms with E-state index in [1.54, 1.807) is 48.5 Å². The molecule has 2 aromatic carbocycles. The molecule has 1 unspecified atom stereocenters. The number of carbonyl (C=O) groups is 1. The number of benzene rings is 2. The smallest absolute Gasteiger partial charge is 0.223 e. The van der Waals surface area contributed by atoms with Crippen LogP contribution in [0.5, 0.6) is 5.75 Å². The van der Waals surface area contributed by atoms with E-state index in [9.17, 15) is 9.90 Å². The van der Waals surface area contributed by atoms with Gasteiger partial charge in [-0.3, -0.25) is 4.79 Å². The minimum atomic E-state index is -0.859. The molecule has 1 amide bonds. The minimum Gasteiger partial charge on any atom is -0.508 e. The van der Waals surface area contributed by atoms with Crippen LogP contribution in [0.1, 0.15) is 23.7 Å². The lowest BCUT2D eigenvalue weighted by Gasteiger charge is -2.11. The molecule has 4 nitrogen and oxygen atoms in total. The molecule has 0 bridgehead atoms. The molecule has 21 heavy (non-hydrogen) atoms. The lowest BCUT2D eigenvalue weighted by atomic mass is 10.1. The van der Waals surface area contributed by atoms with Gasteiger partial charge in [0.25, 0.3) is 0 Å². The van der Waals surface area contributed by atoms with Crippen LogP contribution in [0, 0.1) is 0 Å². The van der Waals surface area contributed by atoms with Crippen molar-refractivity contribution in [1.82, 2.24) is 5.32 Å². The number of hydrogen-bond donors (Lipinski definition) is 3. The highest BCUT2D eigenvalue weighted by molar-refractivity contribution is 6.30. The maximum Gasteiger partial charge on any atom is 0.223 e. The Labute approximate surface area is 128 Å². The van der Waals surface area contributed by atoms with E-state index >= 15 is 0 Å². The molecule has 0 saturated heterocycles. The summed E-state index contributed by atoms with van der Waals surface area (Å²) >= 11 is 5.77. The normalized spacial score (nSPS) is 11.9. The molecular formula is C16H16ClNO3. The summed E-state index contributed by atoms with van der Waals surface area (Å²) in [5.74, 6) is -0.0613. The van der Waals surface area contributed by atoms with Gasteiger partial charge in [0.15, 0.2) is 0 Å². The topological polar surface area (TPSA) is 69.6 Å². The number of halogens is 1. The third kappa shape index (κ3) is 4.77. The van der Waals surface area contributed by atoms with Gasteiger partial charge in [0.05, 0.1) is 12.5 Å². The summed E-state index contributed by atoms with van der Waals surface area (Å²) in [4.78, 5) is 11.8. The van der Waals surface area contributed by atoms with Crippen LogP contribution in [-0.4, -0.2) is 16.1 Å². The number of phenols is 1. The first-order valence-corrected chi connectivity index (χ1v) is 6.90. The van der Waals surface area contributed by atoms with Crippen molar-refractivity contribution in [2.75, 3.05) is 0 Å². The van der Waals surface area contributed by atoms with E-state index in [0.29, 0.717) is 17.1 Å². The highest BCUT2D eigenvalue weighted by Crippen LogP contribution is 2.19. The van der Waals surface area contributed by atoms with Crippen molar-refractivity contribution in [3.8, 4) is 5.75 Å². The third-order valence-corrected chi connectivity index (χ3v) is 3.31. The molecule has 2 rings (SSSR count). The van der Waals surface area contributed by atoms with E-state index < -0.39 is 6.10 Å². The Hall–Kier alpha value is -2.04. The van der Waals surface area contributed by atoms with Gasteiger partial charge in [-0.05, 0) is 35.4 Å². The van der Waals surface area contributed by atoms with E-state index in [2.05, 4.69) is 5.32 Å². The van der Waals surface area contributed by atoms with Crippen LogP contribution >= 0.6 is 11.6 Å². The number of aliphatic hydroxyl groups is 1. The lowest BCUT2D eigenvalue weighted by Crippen LogP contribution is -2.24. The van der Waals surface area contributed by atoms with Crippen molar-refractivity contribution in [3.63, 3.8) is 0 Å². The lowest BCUT2D eigenvalue weighted by molar-refractivity contribution is -0.123. The molecule has 0 aliphatic rings. The Morgan fingerprint density at radius 2 is 1.71 bits per heavy atom. The fourth-order valence-corrected chi connectivity index (χ4v) is 1.99. The van der Waals surface area contributed by atoms with Crippen LogP contribution < -0.4 is 5.32 Å². The summed E-state index contributed by atoms with van der Waals surface area (Å²) in [5.41, 5.74) is 1.53. The molecule has 0 heterocycles. The van der Waals surface area contributed by atoms with Gasteiger partial charge in [-0.1, -0.05) is 35.9 Å². The van der Waals surface area contributed by atoms with E-state index in [1.807, 2.05) is 0 Å². The van der Waals surface area contributed by atoms with Gasteiger partial charge >= 0.3 is 0 Å². The molecule has 0 fully saturated rings. The van der Waals surface area contributed by atoms with E-state index in [4.69, 9.17) is 16.7 Å². The average Bonchev–Trinajstić information content (AvgIpc) is 2.47. The summed E-state index contributed by atoms with van der Waals surface area (Å²) in [5, 5.41) is 22.5. The summed E-state index contributed by atoms with van der Waals surface area (Å²) in [7, 11) is 0. The van der Waals surface area contributed by atoms with Gasteiger partial charge in [0.1, 0.15) is 5.75 Å². The first-order chi connectivity index (χ1) is 10.0. The largest absolute Gasteiger partial charge is 0.508 e. The summed E-state index contributed by atoms with van der Waals surface area (Å²) < 4.78 is 0. The van der Waals surface area contributed by atoms with Crippen molar-refractivity contribution in [2.45, 2.75) is 19.1 Å². The summed E-state index contributed by atoms with van der Waals surface area (Å²) in [6, 6.07) is 13.3. The number of aliphatic hydroxyl groups excluding tert-OH is 1. The monoisotopic (exact) mass is 305 g/mol. The molecule has 5 heteroatoms. The molecule has 1 atom stereocenters. The number of phenolic OH excluding ortho intramolecular Hbond substituents is 1. The van der Waals surface area contributed by atoms with Crippen molar-refractivity contribution in [1.29, 1.82) is 0 Å². The summed E-state index contributed by atoms with van der Waals surface area (Å²) in [6.07, 6.45) is -0.873. The SMILES string of the molecule is O=C(CC(O)c1ccc(Cl)cc1)NCc1ccc(O)cc1. The number of aromatic hydroxyl groups is 1. The number of amides is 1. The maximum atomic E-state index is 11.8. The fraction of sp³-hybridized carbons (Fsp3) is 0.188. The molecule has 0 saturated carbocycles. The highest BCUT2D eigenvalue weighted by atomic mass is 35.5. The van der Waals surface area contributed by atoms with E-state index in [1.165, 1.54) is 0 Å². The van der Waals surface area contributed by atoms with Gasteiger partial charge in [-0.25, -0.2) is 0 Å². The zero-order chi connectivity index (χ0) is 15.2. The second kappa shape index (κ2) is 7.11. The molecule has 2 aromatic rings. The molecule has 0 aliphatic carbocycles. The molecule has 0 spiro atoms. The van der Waals surface area contributed by atoms with Crippen molar-refractivity contribution in [2.24, 2.45) is 0 Å². The standard InChI is InChI=1S/C16H16ClNO3/c17-13-5-3-12(4-6-13)15(20)9-16(21)18-10-11-1-7-14(19)8-2-11/h1-8,15,19-20H,9-10H2,(H,18,21). The van der Waals surface area contributed by atoms with Gasteiger partial charge in [0, 0.05) is 11.6 Å².